The molecule has 1 saturated heterocycles. The van der Waals surface area contributed by atoms with E-state index in [1.807, 2.05) is 18.2 Å². The Balaban J connectivity index is 1.70. The number of hydrogen-bond acceptors (Lipinski definition) is 3. The maximum absolute atomic E-state index is 10.7. The molecule has 116 valence electrons. The quantitative estimate of drug-likeness (QED) is 0.928. The van der Waals surface area contributed by atoms with E-state index < -0.39 is 5.60 Å². The first-order valence-electron chi connectivity index (χ1n) is 7.88. The van der Waals surface area contributed by atoms with Crippen LogP contribution >= 0.6 is 11.6 Å². The molecule has 1 aliphatic heterocycles. The van der Waals surface area contributed by atoms with Crippen LogP contribution in [0.4, 0.5) is 0 Å². The Labute approximate surface area is 131 Å². The second-order valence-corrected chi connectivity index (χ2v) is 6.92. The Morgan fingerprint density at radius 1 is 1.38 bits per heavy atom. The summed E-state index contributed by atoms with van der Waals surface area (Å²) < 4.78 is 5.43. The molecule has 1 heterocycles. The fourth-order valence-electron chi connectivity index (χ4n) is 3.89. The highest BCUT2D eigenvalue weighted by Crippen LogP contribution is 2.40. The Morgan fingerprint density at radius 2 is 2.24 bits per heavy atom. The molecule has 0 aromatic heterocycles. The molecule has 3 rings (SSSR count). The van der Waals surface area contributed by atoms with Gasteiger partial charge in [-0.05, 0) is 37.5 Å². The molecule has 0 amide bonds. The normalized spacial score (nSPS) is 30.0. The first-order valence-corrected chi connectivity index (χ1v) is 8.26. The summed E-state index contributed by atoms with van der Waals surface area (Å²) in [6.07, 6.45) is 5.45. The van der Waals surface area contributed by atoms with Crippen LogP contribution in [0.5, 0.6) is 5.75 Å². The number of nitrogens with zero attached hydrogens (tertiary/aromatic N) is 1. The van der Waals surface area contributed by atoms with Crippen molar-refractivity contribution >= 4 is 11.6 Å². The fraction of sp³-hybridized carbons (Fsp3) is 0.647. The number of halogens is 1. The number of piperidine rings is 1. The summed E-state index contributed by atoms with van der Waals surface area (Å²) in [5.41, 5.74) is 0.721. The molecule has 3 nitrogen and oxygen atoms in total. The SMILES string of the molecule is COc1ccc(Cl)cc1CN1CCC2(O)CCCCC2C1. The number of likely N-dealkylation sites (tertiary alicyclic amines) is 1. The van der Waals surface area contributed by atoms with Gasteiger partial charge in [0.25, 0.3) is 0 Å². The number of hydrogen-bond donors (Lipinski definition) is 1. The minimum Gasteiger partial charge on any atom is -0.496 e. The predicted molar refractivity (Wildman–Crippen MR) is 84.8 cm³/mol. The van der Waals surface area contributed by atoms with Crippen molar-refractivity contribution in [2.75, 3.05) is 20.2 Å². The van der Waals surface area contributed by atoms with Crippen molar-refractivity contribution in [1.29, 1.82) is 0 Å². The van der Waals surface area contributed by atoms with E-state index in [1.54, 1.807) is 7.11 Å². The van der Waals surface area contributed by atoms with Gasteiger partial charge in [0, 0.05) is 36.1 Å². The molecule has 0 radical (unpaired) electrons. The number of rotatable bonds is 3. The average molecular weight is 310 g/mol. The maximum Gasteiger partial charge on any atom is 0.123 e. The largest absolute Gasteiger partial charge is 0.496 e. The second kappa shape index (κ2) is 6.15. The second-order valence-electron chi connectivity index (χ2n) is 6.49. The van der Waals surface area contributed by atoms with Gasteiger partial charge in [0.15, 0.2) is 0 Å². The van der Waals surface area contributed by atoms with E-state index in [0.717, 1.165) is 55.2 Å². The van der Waals surface area contributed by atoms with Crippen molar-refractivity contribution in [1.82, 2.24) is 4.90 Å². The molecule has 1 aromatic carbocycles. The lowest BCUT2D eigenvalue weighted by molar-refractivity contribution is -0.0968. The zero-order chi connectivity index (χ0) is 14.9. The van der Waals surface area contributed by atoms with E-state index in [2.05, 4.69) is 4.90 Å². The Kier molecular flexibility index (Phi) is 4.43. The van der Waals surface area contributed by atoms with Crippen molar-refractivity contribution in [3.63, 3.8) is 0 Å². The predicted octanol–water partition coefficient (Wildman–Crippen LogP) is 3.48. The Morgan fingerprint density at radius 3 is 3.05 bits per heavy atom. The van der Waals surface area contributed by atoms with Gasteiger partial charge in [0.05, 0.1) is 12.7 Å². The summed E-state index contributed by atoms with van der Waals surface area (Å²) in [5.74, 6) is 1.31. The molecule has 21 heavy (non-hydrogen) atoms. The van der Waals surface area contributed by atoms with Gasteiger partial charge in [-0.15, -0.1) is 0 Å². The lowest BCUT2D eigenvalue weighted by atomic mass is 9.71. The molecule has 1 aliphatic carbocycles. The molecule has 0 bridgehead atoms. The van der Waals surface area contributed by atoms with Crippen molar-refractivity contribution in [2.24, 2.45) is 5.92 Å². The van der Waals surface area contributed by atoms with Crippen LogP contribution in [0.1, 0.15) is 37.7 Å². The van der Waals surface area contributed by atoms with E-state index in [0.29, 0.717) is 5.92 Å². The molecule has 2 unspecified atom stereocenters. The molecular weight excluding hydrogens is 286 g/mol. The minimum absolute atomic E-state index is 0.410. The number of ether oxygens (including phenoxy) is 1. The highest BCUT2D eigenvalue weighted by molar-refractivity contribution is 6.30. The molecular formula is C17H24ClNO2. The van der Waals surface area contributed by atoms with Crippen LogP contribution in [0.25, 0.3) is 0 Å². The first kappa shape index (κ1) is 15.1. The lowest BCUT2D eigenvalue weighted by Crippen LogP contribution is -2.52. The Hall–Kier alpha value is -0.770. The van der Waals surface area contributed by atoms with Crippen LogP contribution in [0, 0.1) is 5.92 Å². The van der Waals surface area contributed by atoms with E-state index >= 15 is 0 Å². The van der Waals surface area contributed by atoms with Crippen LogP contribution in [0.15, 0.2) is 18.2 Å². The molecule has 4 heteroatoms. The van der Waals surface area contributed by atoms with E-state index in [-0.39, 0.29) is 0 Å². The van der Waals surface area contributed by atoms with Crippen molar-refractivity contribution in [2.45, 2.75) is 44.2 Å². The van der Waals surface area contributed by atoms with Gasteiger partial charge in [-0.25, -0.2) is 0 Å². The van der Waals surface area contributed by atoms with Gasteiger partial charge in [-0.1, -0.05) is 24.4 Å². The summed E-state index contributed by atoms with van der Waals surface area (Å²) in [4.78, 5) is 2.43. The molecule has 2 atom stereocenters. The topological polar surface area (TPSA) is 32.7 Å². The molecule has 1 aromatic rings. The van der Waals surface area contributed by atoms with Gasteiger partial charge < -0.3 is 9.84 Å². The Bertz CT molecular complexity index is 508. The third-order valence-electron chi connectivity index (χ3n) is 5.15. The van der Waals surface area contributed by atoms with Crippen LogP contribution < -0.4 is 4.74 Å². The summed E-state index contributed by atoms with van der Waals surface area (Å²) in [6.45, 7) is 2.77. The van der Waals surface area contributed by atoms with Crippen molar-refractivity contribution in [3.05, 3.63) is 28.8 Å². The van der Waals surface area contributed by atoms with Crippen molar-refractivity contribution in [3.8, 4) is 5.75 Å². The van der Waals surface area contributed by atoms with Gasteiger partial charge in [0.1, 0.15) is 5.75 Å². The fourth-order valence-corrected chi connectivity index (χ4v) is 4.09. The van der Waals surface area contributed by atoms with E-state index in [4.69, 9.17) is 16.3 Å². The minimum atomic E-state index is -0.410. The zero-order valence-corrected chi connectivity index (χ0v) is 13.4. The first-order chi connectivity index (χ1) is 10.1. The molecule has 2 aliphatic rings. The third-order valence-corrected chi connectivity index (χ3v) is 5.38. The van der Waals surface area contributed by atoms with Gasteiger partial charge in [-0.3, -0.25) is 4.90 Å². The third kappa shape index (κ3) is 3.20. The van der Waals surface area contributed by atoms with Crippen LogP contribution in [0.2, 0.25) is 5.02 Å². The summed E-state index contributed by atoms with van der Waals surface area (Å²) >= 11 is 6.11. The highest BCUT2D eigenvalue weighted by Gasteiger charge is 2.42. The van der Waals surface area contributed by atoms with Gasteiger partial charge in [-0.2, -0.15) is 0 Å². The zero-order valence-electron chi connectivity index (χ0n) is 12.6. The monoisotopic (exact) mass is 309 g/mol. The van der Waals surface area contributed by atoms with Gasteiger partial charge in [0.2, 0.25) is 0 Å². The molecule has 1 N–H and O–H groups in total. The number of benzene rings is 1. The van der Waals surface area contributed by atoms with Crippen molar-refractivity contribution < 1.29 is 9.84 Å². The molecule has 2 fully saturated rings. The van der Waals surface area contributed by atoms with E-state index in [1.165, 1.54) is 12.8 Å². The molecule has 1 saturated carbocycles. The van der Waals surface area contributed by atoms with Crippen LogP contribution in [0.3, 0.4) is 0 Å². The summed E-state index contributed by atoms with van der Waals surface area (Å²) in [5, 5.41) is 11.5. The average Bonchev–Trinajstić information content (AvgIpc) is 2.48. The number of fused-ring (bicyclic) bond motifs is 1. The number of aliphatic hydroxyl groups is 1. The standard InChI is InChI=1S/C17H24ClNO2/c1-21-16-6-5-15(18)10-13(16)11-19-9-8-17(20)7-3-2-4-14(17)12-19/h5-6,10,14,20H,2-4,7-9,11-12H2,1H3. The van der Waals surface area contributed by atoms with E-state index in [9.17, 15) is 5.11 Å². The lowest BCUT2D eigenvalue weighted by Gasteiger charge is -2.47. The van der Waals surface area contributed by atoms with Gasteiger partial charge >= 0.3 is 0 Å². The van der Waals surface area contributed by atoms with Crippen LogP contribution in [-0.2, 0) is 6.54 Å². The summed E-state index contributed by atoms with van der Waals surface area (Å²) in [6, 6.07) is 5.78. The molecule has 0 spiro atoms. The van der Waals surface area contributed by atoms with Crippen LogP contribution in [-0.4, -0.2) is 35.8 Å². The smallest absolute Gasteiger partial charge is 0.123 e. The maximum atomic E-state index is 10.7. The summed E-state index contributed by atoms with van der Waals surface area (Å²) in [7, 11) is 1.70. The number of methoxy groups -OCH3 is 1. The highest BCUT2D eigenvalue weighted by atomic mass is 35.5.